The van der Waals surface area contributed by atoms with E-state index in [9.17, 15) is 4.79 Å². The summed E-state index contributed by atoms with van der Waals surface area (Å²) in [6.07, 6.45) is 6.67. The molecule has 1 N–H and O–H groups in total. The molecule has 0 radical (unpaired) electrons. The number of terminal acetylenes is 1. The largest absolute Gasteiger partial charge is 0.494 e. The van der Waals surface area contributed by atoms with E-state index in [1.165, 1.54) is 0 Å². The fourth-order valence-electron chi connectivity index (χ4n) is 1.48. The monoisotopic (exact) mass is 245 g/mol. The van der Waals surface area contributed by atoms with Crippen LogP contribution < -0.4 is 10.1 Å². The molecule has 0 saturated heterocycles. The predicted octanol–water partition coefficient (Wildman–Crippen LogP) is 2.62. The van der Waals surface area contributed by atoms with Crippen molar-refractivity contribution in [2.45, 2.75) is 32.7 Å². The van der Waals surface area contributed by atoms with Gasteiger partial charge in [0.05, 0.1) is 6.61 Å². The summed E-state index contributed by atoms with van der Waals surface area (Å²) in [5.41, 5.74) is 0.590. The second-order valence-electron chi connectivity index (χ2n) is 4.16. The first-order valence-corrected chi connectivity index (χ1v) is 6.14. The van der Waals surface area contributed by atoms with E-state index in [0.29, 0.717) is 24.3 Å². The van der Waals surface area contributed by atoms with Crippen LogP contribution in [-0.4, -0.2) is 18.6 Å². The van der Waals surface area contributed by atoms with E-state index in [4.69, 9.17) is 11.2 Å². The summed E-state index contributed by atoms with van der Waals surface area (Å²) in [7, 11) is 0. The Morgan fingerprint density at radius 1 is 1.56 bits per heavy atom. The highest BCUT2D eigenvalue weighted by molar-refractivity contribution is 5.94. The molecule has 3 nitrogen and oxygen atoms in total. The predicted molar refractivity (Wildman–Crippen MR) is 72.6 cm³/mol. The van der Waals surface area contributed by atoms with Gasteiger partial charge in [0.2, 0.25) is 0 Å². The molecule has 1 aromatic carbocycles. The van der Waals surface area contributed by atoms with E-state index < -0.39 is 0 Å². The molecule has 0 spiro atoms. The van der Waals surface area contributed by atoms with Crippen molar-refractivity contribution in [3.05, 3.63) is 29.8 Å². The fourth-order valence-corrected chi connectivity index (χ4v) is 1.48. The van der Waals surface area contributed by atoms with Crippen molar-refractivity contribution in [2.24, 2.45) is 0 Å². The first-order valence-electron chi connectivity index (χ1n) is 6.14. The second kappa shape index (κ2) is 7.39. The molecule has 0 aliphatic heterocycles. The molecule has 3 heteroatoms. The van der Waals surface area contributed by atoms with Crippen molar-refractivity contribution >= 4 is 5.91 Å². The van der Waals surface area contributed by atoms with Crippen molar-refractivity contribution < 1.29 is 9.53 Å². The van der Waals surface area contributed by atoms with Crippen LogP contribution >= 0.6 is 0 Å². The van der Waals surface area contributed by atoms with Crippen molar-refractivity contribution in [1.29, 1.82) is 0 Å². The first kappa shape index (κ1) is 14.1. The minimum Gasteiger partial charge on any atom is -0.494 e. The van der Waals surface area contributed by atoms with Gasteiger partial charge in [-0.25, -0.2) is 0 Å². The summed E-state index contributed by atoms with van der Waals surface area (Å²) >= 11 is 0. The van der Waals surface area contributed by atoms with Gasteiger partial charge >= 0.3 is 0 Å². The van der Waals surface area contributed by atoms with Crippen LogP contribution in [0.2, 0.25) is 0 Å². The fraction of sp³-hybridized carbons (Fsp3) is 0.400. The maximum atomic E-state index is 11.9. The molecule has 18 heavy (non-hydrogen) atoms. The van der Waals surface area contributed by atoms with Gasteiger partial charge in [-0.2, -0.15) is 0 Å². The molecule has 1 unspecified atom stereocenters. The van der Waals surface area contributed by atoms with Gasteiger partial charge in [0.25, 0.3) is 5.91 Å². The van der Waals surface area contributed by atoms with Crippen molar-refractivity contribution in [2.75, 3.05) is 6.61 Å². The first-order chi connectivity index (χ1) is 8.67. The number of hydrogen-bond acceptors (Lipinski definition) is 2. The van der Waals surface area contributed by atoms with Crippen LogP contribution in [0.4, 0.5) is 0 Å². The molecule has 1 aromatic rings. The normalized spacial score (nSPS) is 11.4. The van der Waals surface area contributed by atoms with Crippen molar-refractivity contribution in [1.82, 2.24) is 5.32 Å². The summed E-state index contributed by atoms with van der Waals surface area (Å²) in [4.78, 5) is 11.9. The van der Waals surface area contributed by atoms with E-state index >= 15 is 0 Å². The minimum atomic E-state index is -0.125. The highest BCUT2D eigenvalue weighted by atomic mass is 16.5. The van der Waals surface area contributed by atoms with E-state index in [0.717, 1.165) is 6.42 Å². The molecule has 1 amide bonds. The summed E-state index contributed by atoms with van der Waals surface area (Å²) in [5.74, 6) is 3.12. The third-order valence-corrected chi connectivity index (χ3v) is 2.37. The highest BCUT2D eigenvalue weighted by Gasteiger charge is 2.09. The molecule has 0 fully saturated rings. The van der Waals surface area contributed by atoms with E-state index in [-0.39, 0.29) is 11.9 Å². The molecule has 1 rings (SSSR count). The van der Waals surface area contributed by atoms with Crippen LogP contribution in [0, 0.1) is 12.3 Å². The Morgan fingerprint density at radius 2 is 2.33 bits per heavy atom. The van der Waals surface area contributed by atoms with Crippen LogP contribution in [0.3, 0.4) is 0 Å². The third kappa shape index (κ3) is 4.50. The SMILES string of the molecule is C#CCC(C)NC(=O)c1cccc(OCCC)c1. The van der Waals surface area contributed by atoms with Gasteiger partial charge < -0.3 is 10.1 Å². The second-order valence-corrected chi connectivity index (χ2v) is 4.16. The molecule has 1 atom stereocenters. The Labute approximate surface area is 109 Å². The number of nitrogens with one attached hydrogen (secondary N) is 1. The lowest BCUT2D eigenvalue weighted by atomic mass is 10.1. The van der Waals surface area contributed by atoms with Gasteiger partial charge in [-0.3, -0.25) is 4.79 Å². The minimum absolute atomic E-state index is 0.0253. The van der Waals surface area contributed by atoms with Gasteiger partial charge in [0.15, 0.2) is 0 Å². The molecule has 0 saturated carbocycles. The number of carbonyl (C=O) groups excluding carboxylic acids is 1. The van der Waals surface area contributed by atoms with E-state index in [2.05, 4.69) is 11.2 Å². The smallest absolute Gasteiger partial charge is 0.251 e. The zero-order valence-corrected chi connectivity index (χ0v) is 10.9. The van der Waals surface area contributed by atoms with Gasteiger partial charge in [-0.05, 0) is 31.5 Å². The zero-order chi connectivity index (χ0) is 13.4. The Kier molecular flexibility index (Phi) is 5.79. The Morgan fingerprint density at radius 3 is 3.00 bits per heavy atom. The molecular formula is C15H19NO2. The summed E-state index contributed by atoms with van der Waals surface area (Å²) in [5, 5.41) is 2.84. The standard InChI is InChI=1S/C15H19NO2/c1-4-7-12(3)16-15(17)13-8-6-9-14(11-13)18-10-5-2/h1,6,8-9,11-12H,5,7,10H2,2-3H3,(H,16,17). The summed E-state index contributed by atoms with van der Waals surface area (Å²) in [6.45, 7) is 4.58. The lowest BCUT2D eigenvalue weighted by molar-refractivity contribution is 0.0940. The molecule has 0 bridgehead atoms. The highest BCUT2D eigenvalue weighted by Crippen LogP contribution is 2.13. The molecule has 96 valence electrons. The number of amides is 1. The van der Waals surface area contributed by atoms with Crippen molar-refractivity contribution in [3.63, 3.8) is 0 Å². The Bertz CT molecular complexity index is 434. The number of benzene rings is 1. The number of hydrogen-bond donors (Lipinski definition) is 1. The van der Waals surface area contributed by atoms with Gasteiger partial charge in [0, 0.05) is 18.0 Å². The average Bonchev–Trinajstić information content (AvgIpc) is 2.37. The average molecular weight is 245 g/mol. The topological polar surface area (TPSA) is 38.3 Å². The van der Waals surface area contributed by atoms with Crippen LogP contribution in [0.1, 0.15) is 37.0 Å². The quantitative estimate of drug-likeness (QED) is 0.782. The molecular weight excluding hydrogens is 226 g/mol. The third-order valence-electron chi connectivity index (χ3n) is 2.37. The van der Waals surface area contributed by atoms with Crippen LogP contribution in [0.15, 0.2) is 24.3 Å². The molecule has 0 aliphatic rings. The number of carbonyl (C=O) groups is 1. The van der Waals surface area contributed by atoms with Crippen LogP contribution in [0.5, 0.6) is 5.75 Å². The lowest BCUT2D eigenvalue weighted by Gasteiger charge is -2.11. The van der Waals surface area contributed by atoms with Gasteiger partial charge in [-0.15, -0.1) is 12.3 Å². The Hall–Kier alpha value is -1.95. The zero-order valence-electron chi connectivity index (χ0n) is 10.9. The number of ether oxygens (including phenoxy) is 1. The van der Waals surface area contributed by atoms with Gasteiger partial charge in [0.1, 0.15) is 5.75 Å². The number of rotatable bonds is 6. The molecule has 0 heterocycles. The summed E-state index contributed by atoms with van der Waals surface area (Å²) < 4.78 is 5.49. The van der Waals surface area contributed by atoms with Crippen LogP contribution in [0.25, 0.3) is 0 Å². The van der Waals surface area contributed by atoms with Crippen molar-refractivity contribution in [3.8, 4) is 18.1 Å². The Balaban J connectivity index is 2.65. The maximum absolute atomic E-state index is 11.9. The lowest BCUT2D eigenvalue weighted by Crippen LogP contribution is -2.32. The summed E-state index contributed by atoms with van der Waals surface area (Å²) in [6, 6.07) is 7.13. The van der Waals surface area contributed by atoms with Crippen LogP contribution in [-0.2, 0) is 0 Å². The molecule has 0 aromatic heterocycles. The van der Waals surface area contributed by atoms with E-state index in [1.54, 1.807) is 12.1 Å². The maximum Gasteiger partial charge on any atom is 0.251 e. The van der Waals surface area contributed by atoms with E-state index in [1.807, 2.05) is 26.0 Å². The molecule has 0 aliphatic carbocycles. The van der Waals surface area contributed by atoms with Gasteiger partial charge in [-0.1, -0.05) is 13.0 Å².